The molecule has 0 radical (unpaired) electrons. The third kappa shape index (κ3) is 4.93. The number of hydrogen-bond donors (Lipinski definition) is 3. The lowest BCUT2D eigenvalue weighted by atomic mass is 10.0. The van der Waals surface area contributed by atoms with Gasteiger partial charge in [0.05, 0.1) is 10.9 Å². The fourth-order valence-corrected chi connectivity index (χ4v) is 3.44. The van der Waals surface area contributed by atoms with Gasteiger partial charge in [-0.15, -0.1) is 0 Å². The molecule has 0 aliphatic carbocycles. The van der Waals surface area contributed by atoms with E-state index in [-0.39, 0.29) is 35.0 Å². The largest absolute Gasteiger partial charge is 0.348 e. The topological polar surface area (TPSA) is 126 Å². The number of H-pyrrole nitrogens is 1. The zero-order chi connectivity index (χ0) is 23.4. The predicted octanol–water partition coefficient (Wildman–Crippen LogP) is 2.51. The van der Waals surface area contributed by atoms with E-state index in [1.807, 2.05) is 26.8 Å². The maximum atomic E-state index is 13.1. The minimum absolute atomic E-state index is 0.00949. The fraction of sp³-hybridized carbons (Fsp3) is 0.348. The maximum Gasteiger partial charge on any atom is 0.329 e. The molecule has 0 saturated heterocycles. The van der Waals surface area contributed by atoms with Crippen molar-refractivity contribution in [3.8, 4) is 0 Å². The normalized spacial score (nSPS) is 11.0. The molecule has 2 aromatic heterocycles. The number of nitrogens with one attached hydrogen (secondary N) is 3. The molecule has 0 fully saturated rings. The molecule has 32 heavy (non-hydrogen) atoms. The fourth-order valence-electron chi connectivity index (χ4n) is 3.44. The third-order valence-corrected chi connectivity index (χ3v) is 4.95. The minimum atomic E-state index is -0.641. The molecule has 2 amide bonds. The second-order valence-corrected chi connectivity index (χ2v) is 7.92. The van der Waals surface area contributed by atoms with Gasteiger partial charge in [0.2, 0.25) is 5.91 Å². The molecule has 3 aromatic rings. The number of anilines is 1. The smallest absolute Gasteiger partial charge is 0.329 e. The molecule has 0 spiro atoms. The number of rotatable bonds is 7. The van der Waals surface area contributed by atoms with Crippen molar-refractivity contribution in [1.82, 2.24) is 19.9 Å². The molecule has 168 valence electrons. The summed E-state index contributed by atoms with van der Waals surface area (Å²) in [6.45, 7) is 7.76. The van der Waals surface area contributed by atoms with Gasteiger partial charge in [-0.1, -0.05) is 32.9 Å². The summed E-state index contributed by atoms with van der Waals surface area (Å²) in [6, 6.07) is 8.72. The van der Waals surface area contributed by atoms with Gasteiger partial charge in [0.1, 0.15) is 0 Å². The highest BCUT2D eigenvalue weighted by molar-refractivity contribution is 6.05. The lowest BCUT2D eigenvalue weighted by Crippen LogP contribution is -2.33. The first-order valence-corrected chi connectivity index (χ1v) is 10.5. The van der Waals surface area contributed by atoms with Gasteiger partial charge in [0.25, 0.3) is 11.5 Å². The summed E-state index contributed by atoms with van der Waals surface area (Å²) in [5.74, 6) is -0.644. The van der Waals surface area contributed by atoms with E-state index in [0.29, 0.717) is 24.3 Å². The van der Waals surface area contributed by atoms with Crippen LogP contribution in [0.1, 0.15) is 61.6 Å². The average molecular weight is 438 g/mol. The first-order chi connectivity index (χ1) is 15.2. The monoisotopic (exact) mass is 437 g/mol. The molecule has 2 heterocycles. The van der Waals surface area contributed by atoms with Crippen LogP contribution < -0.4 is 21.9 Å². The zero-order valence-corrected chi connectivity index (χ0v) is 18.6. The van der Waals surface area contributed by atoms with Crippen LogP contribution in [0.3, 0.4) is 0 Å². The first-order valence-electron chi connectivity index (χ1n) is 10.5. The predicted molar refractivity (Wildman–Crippen MR) is 123 cm³/mol. The molecule has 3 N–H and O–H groups in total. The highest BCUT2D eigenvalue weighted by Crippen LogP contribution is 2.20. The van der Waals surface area contributed by atoms with Gasteiger partial charge in [-0.25, -0.2) is 9.78 Å². The van der Waals surface area contributed by atoms with Gasteiger partial charge in [-0.2, -0.15) is 0 Å². The molecule has 1 aromatic carbocycles. The van der Waals surface area contributed by atoms with Crippen molar-refractivity contribution in [2.45, 2.75) is 53.1 Å². The Labute approximate surface area is 184 Å². The Balaban J connectivity index is 2.03. The lowest BCUT2D eigenvalue weighted by Gasteiger charge is -2.14. The Morgan fingerprint density at radius 2 is 1.94 bits per heavy atom. The molecular weight excluding hydrogens is 410 g/mol. The third-order valence-electron chi connectivity index (χ3n) is 4.95. The van der Waals surface area contributed by atoms with Gasteiger partial charge in [-0.05, 0) is 36.1 Å². The van der Waals surface area contributed by atoms with Gasteiger partial charge in [0, 0.05) is 31.4 Å². The van der Waals surface area contributed by atoms with Crippen LogP contribution in [0, 0.1) is 0 Å². The van der Waals surface area contributed by atoms with Gasteiger partial charge in [0.15, 0.2) is 5.65 Å². The van der Waals surface area contributed by atoms with Gasteiger partial charge < -0.3 is 10.6 Å². The summed E-state index contributed by atoms with van der Waals surface area (Å²) < 4.78 is 1.40. The summed E-state index contributed by atoms with van der Waals surface area (Å²) in [7, 11) is 0. The zero-order valence-electron chi connectivity index (χ0n) is 18.6. The Hall–Kier alpha value is -3.75. The van der Waals surface area contributed by atoms with Crippen molar-refractivity contribution in [3.05, 3.63) is 68.0 Å². The average Bonchev–Trinajstić information content (AvgIpc) is 2.73. The van der Waals surface area contributed by atoms with Gasteiger partial charge >= 0.3 is 5.69 Å². The number of fused-ring (bicyclic) bond motifs is 1. The lowest BCUT2D eigenvalue weighted by molar-refractivity contribution is -0.114. The second kappa shape index (κ2) is 9.59. The van der Waals surface area contributed by atoms with Crippen molar-refractivity contribution in [3.63, 3.8) is 0 Å². The highest BCUT2D eigenvalue weighted by atomic mass is 16.2. The van der Waals surface area contributed by atoms with Crippen LogP contribution in [0.4, 0.5) is 5.69 Å². The van der Waals surface area contributed by atoms with E-state index in [0.717, 1.165) is 5.56 Å². The van der Waals surface area contributed by atoms with Crippen LogP contribution in [0.5, 0.6) is 0 Å². The molecule has 0 bridgehead atoms. The van der Waals surface area contributed by atoms with E-state index >= 15 is 0 Å². The quantitative estimate of drug-likeness (QED) is 0.524. The molecule has 0 saturated carbocycles. The molecule has 9 nitrogen and oxygen atoms in total. The van der Waals surface area contributed by atoms with Crippen LogP contribution in [0.25, 0.3) is 11.0 Å². The number of aromatic nitrogens is 3. The van der Waals surface area contributed by atoms with Crippen molar-refractivity contribution in [2.75, 3.05) is 5.32 Å². The Kier molecular flexibility index (Phi) is 6.87. The van der Waals surface area contributed by atoms with Crippen molar-refractivity contribution in [2.24, 2.45) is 0 Å². The standard InChI is InChI=1S/C23H27N5O4/c1-5-9-28-20-19(22(31)27-23(28)32)17(11-18(26-20)13(2)3)21(30)24-12-15-7-6-8-16(10-15)25-14(4)29/h6-8,10-11,13H,5,9,12H2,1-4H3,(H,24,30)(H,25,29)(H,27,31,32). The van der Waals surface area contributed by atoms with Crippen LogP contribution in [0.2, 0.25) is 0 Å². The molecule has 0 aliphatic rings. The van der Waals surface area contributed by atoms with Gasteiger partial charge in [-0.3, -0.25) is 23.9 Å². The van der Waals surface area contributed by atoms with E-state index < -0.39 is 17.2 Å². The Morgan fingerprint density at radius 3 is 2.59 bits per heavy atom. The first kappa shape index (κ1) is 22.9. The minimum Gasteiger partial charge on any atom is -0.348 e. The molecule has 3 rings (SSSR count). The van der Waals surface area contributed by atoms with Crippen LogP contribution >= 0.6 is 0 Å². The number of benzene rings is 1. The molecule has 0 atom stereocenters. The number of aryl methyl sites for hydroxylation is 1. The van der Waals surface area contributed by atoms with Crippen molar-refractivity contribution in [1.29, 1.82) is 0 Å². The van der Waals surface area contributed by atoms with E-state index in [9.17, 15) is 19.2 Å². The van der Waals surface area contributed by atoms with E-state index in [1.54, 1.807) is 24.3 Å². The molecular formula is C23H27N5O4. The molecule has 0 aliphatic heterocycles. The highest BCUT2D eigenvalue weighted by Gasteiger charge is 2.20. The number of nitrogens with zero attached hydrogens (tertiary/aromatic N) is 2. The SMILES string of the molecule is CCCn1c(=O)[nH]c(=O)c2c(C(=O)NCc3cccc(NC(C)=O)c3)cc(C(C)C)nc21. The summed E-state index contributed by atoms with van der Waals surface area (Å²) in [5, 5.41) is 5.62. The van der Waals surface area contributed by atoms with Crippen LogP contribution in [-0.2, 0) is 17.9 Å². The number of pyridine rings is 1. The summed E-state index contributed by atoms with van der Waals surface area (Å²) in [5.41, 5.74) is 1.22. The second-order valence-electron chi connectivity index (χ2n) is 7.92. The Bertz CT molecular complexity index is 1290. The van der Waals surface area contributed by atoms with E-state index in [1.165, 1.54) is 11.5 Å². The number of amides is 2. The van der Waals surface area contributed by atoms with Crippen molar-refractivity contribution < 1.29 is 9.59 Å². The number of aromatic amines is 1. The summed E-state index contributed by atoms with van der Waals surface area (Å²) in [6.07, 6.45) is 0.667. The summed E-state index contributed by atoms with van der Waals surface area (Å²) in [4.78, 5) is 56.3. The van der Waals surface area contributed by atoms with Crippen LogP contribution in [-0.4, -0.2) is 26.3 Å². The Morgan fingerprint density at radius 1 is 1.19 bits per heavy atom. The summed E-state index contributed by atoms with van der Waals surface area (Å²) >= 11 is 0. The molecule has 9 heteroatoms. The van der Waals surface area contributed by atoms with Crippen molar-refractivity contribution >= 4 is 28.5 Å². The van der Waals surface area contributed by atoms with Crippen LogP contribution in [0.15, 0.2) is 39.9 Å². The number of hydrogen-bond acceptors (Lipinski definition) is 5. The molecule has 0 unspecified atom stereocenters. The van der Waals surface area contributed by atoms with E-state index in [4.69, 9.17) is 0 Å². The number of carbonyl (C=O) groups is 2. The van der Waals surface area contributed by atoms with E-state index in [2.05, 4.69) is 20.6 Å². The number of carbonyl (C=O) groups excluding carboxylic acids is 2. The maximum absolute atomic E-state index is 13.1.